The van der Waals surface area contributed by atoms with Crippen LogP contribution in [0.25, 0.3) is 23.0 Å². The molecule has 2 aromatic carbocycles. The second-order valence-electron chi connectivity index (χ2n) is 5.98. The molecule has 0 saturated heterocycles. The number of hydrogen-bond acceptors (Lipinski definition) is 4. The molecular weight excluding hydrogens is 399 g/mol. The van der Waals surface area contributed by atoms with Gasteiger partial charge in [-0.25, -0.2) is 0 Å². The second kappa shape index (κ2) is 7.88. The Hall–Kier alpha value is -3.09. The van der Waals surface area contributed by atoms with Crippen molar-refractivity contribution >= 4 is 34.8 Å². The molecule has 1 amide bonds. The summed E-state index contributed by atoms with van der Waals surface area (Å²) in [5.74, 6) is 0.511. The third-order valence-corrected chi connectivity index (χ3v) is 4.58. The van der Waals surface area contributed by atoms with Crippen molar-refractivity contribution in [1.82, 2.24) is 14.7 Å². The number of para-hydroxylation sites is 1. The van der Waals surface area contributed by atoms with Gasteiger partial charge in [-0.1, -0.05) is 52.6 Å². The average molecular weight is 413 g/mol. The maximum absolute atomic E-state index is 12.4. The van der Waals surface area contributed by atoms with Gasteiger partial charge in [-0.15, -0.1) is 0 Å². The first-order valence-corrected chi connectivity index (χ1v) is 9.15. The molecule has 0 aliphatic heterocycles. The summed E-state index contributed by atoms with van der Waals surface area (Å²) in [5.41, 5.74) is 1.94. The lowest BCUT2D eigenvalue weighted by molar-refractivity contribution is -0.116. The van der Waals surface area contributed by atoms with Crippen LogP contribution in [-0.4, -0.2) is 20.6 Å². The molecule has 0 spiro atoms. The first-order valence-electron chi connectivity index (χ1n) is 8.40. The number of amides is 1. The molecule has 140 valence electrons. The molecule has 0 bridgehead atoms. The highest BCUT2D eigenvalue weighted by atomic mass is 35.5. The molecular formula is C20H14Cl2N4O2. The third kappa shape index (κ3) is 3.93. The van der Waals surface area contributed by atoms with E-state index in [1.807, 2.05) is 12.1 Å². The fraction of sp³-hybridized carbons (Fsp3) is 0.0500. The van der Waals surface area contributed by atoms with E-state index in [1.165, 1.54) is 0 Å². The van der Waals surface area contributed by atoms with E-state index in [-0.39, 0.29) is 12.5 Å². The molecule has 0 unspecified atom stereocenters. The number of carbonyl (C=O) groups excluding carboxylic acids is 1. The van der Waals surface area contributed by atoms with Crippen molar-refractivity contribution in [1.29, 1.82) is 0 Å². The van der Waals surface area contributed by atoms with Gasteiger partial charge >= 0.3 is 0 Å². The van der Waals surface area contributed by atoms with E-state index in [2.05, 4.69) is 15.5 Å². The summed E-state index contributed by atoms with van der Waals surface area (Å²) in [6.07, 6.45) is 1.77. The number of anilines is 1. The lowest BCUT2D eigenvalue weighted by Gasteiger charge is -2.09. The molecule has 2 aromatic heterocycles. The fourth-order valence-electron chi connectivity index (χ4n) is 2.73. The van der Waals surface area contributed by atoms with E-state index >= 15 is 0 Å². The van der Waals surface area contributed by atoms with Gasteiger partial charge in [0.05, 0.1) is 10.7 Å². The van der Waals surface area contributed by atoms with Crippen LogP contribution in [0.2, 0.25) is 10.0 Å². The van der Waals surface area contributed by atoms with Gasteiger partial charge in [0.25, 0.3) is 5.89 Å². The lowest BCUT2D eigenvalue weighted by atomic mass is 10.2. The summed E-state index contributed by atoms with van der Waals surface area (Å²) in [6.45, 7) is 0.0719. The topological polar surface area (TPSA) is 73.0 Å². The maximum Gasteiger partial charge on any atom is 0.274 e. The van der Waals surface area contributed by atoms with E-state index in [9.17, 15) is 4.79 Å². The van der Waals surface area contributed by atoms with Gasteiger partial charge in [-0.3, -0.25) is 4.79 Å². The van der Waals surface area contributed by atoms with Crippen LogP contribution in [0.5, 0.6) is 0 Å². The Labute approximate surface area is 170 Å². The van der Waals surface area contributed by atoms with Crippen LogP contribution in [0.3, 0.4) is 0 Å². The number of nitrogens with zero attached hydrogens (tertiary/aromatic N) is 3. The lowest BCUT2D eigenvalue weighted by Crippen LogP contribution is -2.19. The van der Waals surface area contributed by atoms with E-state index < -0.39 is 0 Å². The molecule has 0 aliphatic carbocycles. The number of aromatic nitrogens is 3. The van der Waals surface area contributed by atoms with Crippen molar-refractivity contribution in [3.8, 4) is 23.0 Å². The molecule has 0 saturated carbocycles. The minimum Gasteiger partial charge on any atom is -0.334 e. The van der Waals surface area contributed by atoms with Crippen LogP contribution >= 0.6 is 23.2 Å². The largest absolute Gasteiger partial charge is 0.334 e. The van der Waals surface area contributed by atoms with Gasteiger partial charge in [0.15, 0.2) is 0 Å². The van der Waals surface area contributed by atoms with Crippen LogP contribution in [0.4, 0.5) is 5.69 Å². The summed E-state index contributed by atoms with van der Waals surface area (Å²) in [5, 5.41) is 7.86. The van der Waals surface area contributed by atoms with Gasteiger partial charge in [0.2, 0.25) is 11.7 Å². The molecule has 2 heterocycles. The van der Waals surface area contributed by atoms with E-state index in [1.54, 1.807) is 59.3 Å². The summed E-state index contributed by atoms with van der Waals surface area (Å²) >= 11 is 12.1. The van der Waals surface area contributed by atoms with E-state index in [0.29, 0.717) is 33.1 Å². The standard InChI is InChI=1S/C20H14Cl2N4O2/c21-14-6-3-5-13(11-14)19-24-20(28-25-19)17-9-4-10-26(17)12-18(27)23-16-8-2-1-7-15(16)22/h1-11H,12H2,(H,23,27). The first kappa shape index (κ1) is 18.3. The minimum absolute atomic E-state index is 0.0719. The van der Waals surface area contributed by atoms with Gasteiger partial charge in [-0.05, 0) is 36.4 Å². The SMILES string of the molecule is O=C(Cn1cccc1-c1nc(-c2cccc(Cl)c2)no1)Nc1ccccc1Cl. The molecule has 6 nitrogen and oxygen atoms in total. The highest BCUT2D eigenvalue weighted by Crippen LogP contribution is 2.25. The van der Waals surface area contributed by atoms with Crippen molar-refractivity contribution in [3.05, 3.63) is 76.9 Å². The molecule has 4 rings (SSSR count). The molecule has 0 atom stereocenters. The molecule has 0 aliphatic rings. The Morgan fingerprint density at radius 3 is 2.75 bits per heavy atom. The number of benzene rings is 2. The number of halogens is 2. The summed E-state index contributed by atoms with van der Waals surface area (Å²) in [7, 11) is 0. The Morgan fingerprint density at radius 2 is 1.93 bits per heavy atom. The fourth-order valence-corrected chi connectivity index (χ4v) is 3.10. The second-order valence-corrected chi connectivity index (χ2v) is 6.83. The van der Waals surface area contributed by atoms with Crippen molar-refractivity contribution in [2.45, 2.75) is 6.54 Å². The van der Waals surface area contributed by atoms with Crippen LogP contribution in [0, 0.1) is 0 Å². The summed E-state index contributed by atoms with van der Waals surface area (Å²) in [4.78, 5) is 16.8. The quantitative estimate of drug-likeness (QED) is 0.491. The molecule has 4 aromatic rings. The predicted molar refractivity (Wildman–Crippen MR) is 108 cm³/mol. The van der Waals surface area contributed by atoms with E-state index in [4.69, 9.17) is 27.7 Å². The smallest absolute Gasteiger partial charge is 0.274 e. The van der Waals surface area contributed by atoms with Crippen molar-refractivity contribution in [2.24, 2.45) is 0 Å². The Kier molecular flexibility index (Phi) is 5.14. The zero-order valence-corrected chi connectivity index (χ0v) is 16.0. The molecule has 8 heteroatoms. The van der Waals surface area contributed by atoms with Gasteiger partial charge in [0, 0.05) is 16.8 Å². The predicted octanol–water partition coefficient (Wildman–Crippen LogP) is 5.15. The van der Waals surface area contributed by atoms with Gasteiger partial charge < -0.3 is 14.4 Å². The van der Waals surface area contributed by atoms with Crippen LogP contribution in [0.1, 0.15) is 0 Å². The van der Waals surface area contributed by atoms with Gasteiger partial charge in [-0.2, -0.15) is 4.98 Å². The Morgan fingerprint density at radius 1 is 1.07 bits per heavy atom. The molecule has 0 fully saturated rings. The van der Waals surface area contributed by atoms with Crippen LogP contribution in [-0.2, 0) is 11.3 Å². The molecule has 28 heavy (non-hydrogen) atoms. The Balaban J connectivity index is 1.53. The highest BCUT2D eigenvalue weighted by molar-refractivity contribution is 6.33. The zero-order valence-electron chi connectivity index (χ0n) is 14.5. The summed E-state index contributed by atoms with van der Waals surface area (Å²) in [6, 6.07) is 17.9. The monoisotopic (exact) mass is 412 g/mol. The first-order chi connectivity index (χ1) is 13.6. The van der Waals surface area contributed by atoms with E-state index in [0.717, 1.165) is 5.56 Å². The minimum atomic E-state index is -0.222. The third-order valence-electron chi connectivity index (χ3n) is 4.02. The van der Waals surface area contributed by atoms with Crippen molar-refractivity contribution in [2.75, 3.05) is 5.32 Å². The van der Waals surface area contributed by atoms with Crippen LogP contribution < -0.4 is 5.32 Å². The number of nitrogens with one attached hydrogen (secondary N) is 1. The highest BCUT2D eigenvalue weighted by Gasteiger charge is 2.16. The molecule has 1 N–H and O–H groups in total. The number of carbonyl (C=O) groups is 1. The number of rotatable bonds is 5. The maximum atomic E-state index is 12.4. The van der Waals surface area contributed by atoms with Crippen molar-refractivity contribution in [3.63, 3.8) is 0 Å². The molecule has 0 radical (unpaired) electrons. The van der Waals surface area contributed by atoms with Gasteiger partial charge in [0.1, 0.15) is 12.2 Å². The average Bonchev–Trinajstić information content (AvgIpc) is 3.33. The van der Waals surface area contributed by atoms with Crippen LogP contribution in [0.15, 0.2) is 71.4 Å². The Bertz CT molecular complexity index is 1140. The normalized spacial score (nSPS) is 10.8. The summed E-state index contributed by atoms with van der Waals surface area (Å²) < 4.78 is 7.11. The number of hydrogen-bond donors (Lipinski definition) is 1. The zero-order chi connectivity index (χ0) is 19.5. The van der Waals surface area contributed by atoms with Crippen molar-refractivity contribution < 1.29 is 9.32 Å².